The smallest absolute Gasteiger partial charge is 0.242 e. The monoisotopic (exact) mass is 220 g/mol. The first-order valence-corrected chi connectivity index (χ1v) is 4.81. The number of anilines is 1. The maximum Gasteiger partial charge on any atom is 0.242 e. The van der Waals surface area contributed by atoms with Crippen LogP contribution in [0.3, 0.4) is 0 Å². The van der Waals surface area contributed by atoms with Crippen molar-refractivity contribution in [2.75, 3.05) is 4.90 Å². The Morgan fingerprint density at radius 3 is 2.47 bits per heavy atom. The van der Waals surface area contributed by atoms with Crippen molar-refractivity contribution < 1.29 is 9.59 Å². The first-order valence-electron chi connectivity index (χ1n) is 4.40. The molecule has 1 heterocycles. The molecule has 0 radical (unpaired) electrons. The summed E-state index contributed by atoms with van der Waals surface area (Å²) in [5, 5.41) is 2.60. The van der Waals surface area contributed by atoms with E-state index in [-0.39, 0.29) is 23.3 Å². The van der Waals surface area contributed by atoms with Gasteiger partial charge in [0, 0.05) is 0 Å². The molecule has 76 valence electrons. The summed E-state index contributed by atoms with van der Waals surface area (Å²) in [6.07, 6.45) is -0.158. The van der Waals surface area contributed by atoms with Gasteiger partial charge < -0.3 is 5.32 Å². The third-order valence-corrected chi connectivity index (χ3v) is 2.31. The van der Waals surface area contributed by atoms with E-state index in [1.807, 2.05) is 18.2 Å². The molecule has 1 aromatic carbocycles. The second-order valence-electron chi connectivity index (χ2n) is 3.09. The predicted octanol–water partition coefficient (Wildman–Crippen LogP) is 0.824. The lowest BCUT2D eigenvalue weighted by Crippen LogP contribution is -2.52. The van der Waals surface area contributed by atoms with Crippen LogP contribution in [0.4, 0.5) is 5.69 Å². The summed E-state index contributed by atoms with van der Waals surface area (Å²) in [4.78, 5) is 23.9. The quantitative estimate of drug-likeness (QED) is 0.563. The van der Waals surface area contributed by atoms with Crippen molar-refractivity contribution in [2.24, 2.45) is 0 Å². The molecule has 1 fully saturated rings. The van der Waals surface area contributed by atoms with Gasteiger partial charge in [-0.1, -0.05) is 18.2 Å². The molecule has 0 aromatic heterocycles. The molecular formula is C10H8N2O2S. The van der Waals surface area contributed by atoms with Gasteiger partial charge in [0.15, 0.2) is 5.11 Å². The van der Waals surface area contributed by atoms with E-state index in [2.05, 4.69) is 5.32 Å². The number of amides is 2. The van der Waals surface area contributed by atoms with E-state index in [1.54, 1.807) is 12.1 Å². The number of para-hydroxylation sites is 1. The van der Waals surface area contributed by atoms with Crippen LogP contribution in [-0.2, 0) is 9.59 Å². The zero-order valence-electron chi connectivity index (χ0n) is 7.77. The van der Waals surface area contributed by atoms with Crippen molar-refractivity contribution in [2.45, 2.75) is 6.42 Å². The summed E-state index contributed by atoms with van der Waals surface area (Å²) < 4.78 is 0. The Bertz CT molecular complexity index is 410. The Labute approximate surface area is 91.9 Å². The van der Waals surface area contributed by atoms with Crippen LogP contribution in [0.1, 0.15) is 6.42 Å². The van der Waals surface area contributed by atoms with Crippen molar-refractivity contribution in [3.05, 3.63) is 30.3 Å². The van der Waals surface area contributed by atoms with Gasteiger partial charge in [0.05, 0.1) is 5.69 Å². The Balaban J connectivity index is 2.33. The Hall–Kier alpha value is -1.75. The van der Waals surface area contributed by atoms with E-state index in [9.17, 15) is 9.59 Å². The minimum absolute atomic E-state index is 0.141. The molecule has 2 amide bonds. The van der Waals surface area contributed by atoms with Crippen LogP contribution >= 0.6 is 12.2 Å². The molecule has 0 atom stereocenters. The predicted molar refractivity (Wildman–Crippen MR) is 59.3 cm³/mol. The molecule has 0 spiro atoms. The number of hydrogen-bond acceptors (Lipinski definition) is 3. The Morgan fingerprint density at radius 2 is 1.87 bits per heavy atom. The van der Waals surface area contributed by atoms with Crippen LogP contribution in [0.2, 0.25) is 0 Å². The van der Waals surface area contributed by atoms with E-state index in [0.29, 0.717) is 5.69 Å². The highest BCUT2D eigenvalue weighted by Gasteiger charge is 2.28. The molecule has 5 heteroatoms. The van der Waals surface area contributed by atoms with Gasteiger partial charge in [-0.3, -0.25) is 14.5 Å². The zero-order chi connectivity index (χ0) is 10.8. The molecule has 0 bridgehead atoms. The maximum atomic E-state index is 11.6. The molecular weight excluding hydrogens is 212 g/mol. The van der Waals surface area contributed by atoms with E-state index in [4.69, 9.17) is 12.2 Å². The highest BCUT2D eigenvalue weighted by Crippen LogP contribution is 2.16. The molecule has 2 rings (SSSR count). The van der Waals surface area contributed by atoms with Crippen LogP contribution < -0.4 is 10.2 Å². The molecule has 1 saturated heterocycles. The van der Waals surface area contributed by atoms with E-state index in [0.717, 1.165) is 0 Å². The van der Waals surface area contributed by atoms with Gasteiger partial charge in [-0.05, 0) is 24.4 Å². The van der Waals surface area contributed by atoms with Gasteiger partial charge in [0.1, 0.15) is 6.42 Å². The van der Waals surface area contributed by atoms with Crippen LogP contribution in [0.15, 0.2) is 30.3 Å². The topological polar surface area (TPSA) is 49.4 Å². The SMILES string of the molecule is O=C1CC(=O)N(c2ccccc2)C(=S)N1. The minimum Gasteiger partial charge on any atom is -0.302 e. The van der Waals surface area contributed by atoms with Gasteiger partial charge in [0.25, 0.3) is 0 Å². The van der Waals surface area contributed by atoms with Crippen LogP contribution in [0.5, 0.6) is 0 Å². The highest BCUT2D eigenvalue weighted by molar-refractivity contribution is 7.80. The fraction of sp³-hybridized carbons (Fsp3) is 0.100. The first-order chi connectivity index (χ1) is 7.18. The summed E-state index contributed by atoms with van der Waals surface area (Å²) in [7, 11) is 0. The minimum atomic E-state index is -0.350. The van der Waals surface area contributed by atoms with Crippen molar-refractivity contribution in [3.63, 3.8) is 0 Å². The molecule has 1 aromatic rings. The van der Waals surface area contributed by atoms with Crippen LogP contribution in [0.25, 0.3) is 0 Å². The summed E-state index contributed by atoms with van der Waals surface area (Å²) in [6.45, 7) is 0. The standard InChI is InChI=1S/C10H8N2O2S/c13-8-6-9(14)12(10(15)11-8)7-4-2-1-3-5-7/h1-5H,6H2,(H,11,13,15). The second-order valence-corrected chi connectivity index (χ2v) is 3.48. The molecule has 1 aliphatic heterocycles. The molecule has 15 heavy (non-hydrogen) atoms. The van der Waals surface area contributed by atoms with E-state index >= 15 is 0 Å². The summed E-state index contributed by atoms with van der Waals surface area (Å²) in [6, 6.07) is 8.99. The van der Waals surface area contributed by atoms with Gasteiger partial charge in [0.2, 0.25) is 11.8 Å². The number of thiocarbonyl (C=S) groups is 1. The fourth-order valence-electron chi connectivity index (χ4n) is 1.39. The Kier molecular flexibility index (Phi) is 2.47. The fourth-order valence-corrected chi connectivity index (χ4v) is 1.71. The first kappa shape index (κ1) is 9.79. The lowest BCUT2D eigenvalue weighted by Gasteiger charge is -2.27. The molecule has 0 saturated carbocycles. The second kappa shape index (κ2) is 3.78. The number of nitrogens with zero attached hydrogens (tertiary/aromatic N) is 1. The van der Waals surface area contributed by atoms with Crippen molar-refractivity contribution in [1.82, 2.24) is 5.32 Å². The molecule has 0 aliphatic carbocycles. The highest BCUT2D eigenvalue weighted by atomic mass is 32.1. The summed E-state index contributed by atoms with van der Waals surface area (Å²) in [5.41, 5.74) is 0.674. The molecule has 0 unspecified atom stereocenters. The summed E-state index contributed by atoms with van der Waals surface area (Å²) >= 11 is 4.94. The average Bonchev–Trinajstić information content (AvgIpc) is 2.17. The van der Waals surface area contributed by atoms with Crippen molar-refractivity contribution in [3.8, 4) is 0 Å². The van der Waals surface area contributed by atoms with Gasteiger partial charge in [-0.25, -0.2) is 0 Å². The normalized spacial score (nSPS) is 16.5. The number of benzene rings is 1. The van der Waals surface area contributed by atoms with Crippen LogP contribution in [-0.4, -0.2) is 16.9 Å². The Morgan fingerprint density at radius 1 is 1.20 bits per heavy atom. The number of hydrogen-bond donors (Lipinski definition) is 1. The number of nitrogens with one attached hydrogen (secondary N) is 1. The molecule has 1 N–H and O–H groups in total. The maximum absolute atomic E-state index is 11.6. The van der Waals surface area contributed by atoms with E-state index < -0.39 is 0 Å². The summed E-state index contributed by atoms with van der Waals surface area (Å²) in [5.74, 6) is -0.646. The largest absolute Gasteiger partial charge is 0.302 e. The zero-order valence-corrected chi connectivity index (χ0v) is 8.58. The number of carbonyl (C=O) groups is 2. The number of carbonyl (C=O) groups excluding carboxylic acids is 2. The van der Waals surface area contributed by atoms with Gasteiger partial charge >= 0.3 is 0 Å². The third kappa shape index (κ3) is 1.87. The van der Waals surface area contributed by atoms with Crippen LogP contribution in [0, 0.1) is 0 Å². The van der Waals surface area contributed by atoms with Gasteiger partial charge in [-0.2, -0.15) is 0 Å². The molecule has 4 nitrogen and oxygen atoms in total. The number of rotatable bonds is 1. The average molecular weight is 220 g/mol. The van der Waals surface area contributed by atoms with Crippen molar-refractivity contribution >= 4 is 34.8 Å². The lowest BCUT2D eigenvalue weighted by molar-refractivity contribution is -0.127. The lowest BCUT2D eigenvalue weighted by atomic mass is 10.2. The van der Waals surface area contributed by atoms with Crippen molar-refractivity contribution in [1.29, 1.82) is 0 Å². The third-order valence-electron chi connectivity index (χ3n) is 2.03. The molecule has 1 aliphatic rings. The van der Waals surface area contributed by atoms with E-state index in [1.165, 1.54) is 4.90 Å². The van der Waals surface area contributed by atoms with Gasteiger partial charge in [-0.15, -0.1) is 0 Å².